The Morgan fingerprint density at radius 2 is 2.18 bits per heavy atom. The van der Waals surface area contributed by atoms with Crippen molar-refractivity contribution < 1.29 is 0 Å². The third-order valence-electron chi connectivity index (χ3n) is 1.47. The molecule has 0 spiro atoms. The number of imidazole rings is 1. The largest absolute Gasteiger partial charge is 0.327 e. The number of hydrogen-bond donors (Lipinski definition) is 1. The highest BCUT2D eigenvalue weighted by Gasteiger charge is 2.04. The average Bonchev–Trinajstić information content (AvgIpc) is 2.26. The normalized spacial score (nSPS) is 10.5. The van der Waals surface area contributed by atoms with Gasteiger partial charge in [-0.1, -0.05) is 13.3 Å². The van der Waals surface area contributed by atoms with E-state index < -0.39 is 0 Å². The summed E-state index contributed by atoms with van der Waals surface area (Å²) in [7, 11) is 0. The standard InChI is InChI=1S/C7H10Br2N2/c1-2-3-4-5-6(8)11-7(9)10-5/h2-4H2,1H3,(H,10,11). The van der Waals surface area contributed by atoms with Gasteiger partial charge in [0.25, 0.3) is 0 Å². The summed E-state index contributed by atoms with van der Waals surface area (Å²) < 4.78 is 1.80. The fourth-order valence-corrected chi connectivity index (χ4v) is 2.02. The third kappa shape index (κ3) is 2.60. The van der Waals surface area contributed by atoms with Gasteiger partial charge in [0.1, 0.15) is 4.60 Å². The van der Waals surface area contributed by atoms with Gasteiger partial charge in [-0.25, -0.2) is 4.98 Å². The zero-order chi connectivity index (χ0) is 8.27. The first-order valence-corrected chi connectivity index (χ1v) is 5.22. The second kappa shape index (κ2) is 4.26. The third-order valence-corrected chi connectivity index (χ3v) is 2.50. The van der Waals surface area contributed by atoms with Crippen molar-refractivity contribution in [1.29, 1.82) is 0 Å². The first-order valence-electron chi connectivity index (χ1n) is 3.64. The summed E-state index contributed by atoms with van der Waals surface area (Å²) in [5.74, 6) is 0. The van der Waals surface area contributed by atoms with Gasteiger partial charge in [-0.15, -0.1) is 0 Å². The van der Waals surface area contributed by atoms with Crippen molar-refractivity contribution in [2.45, 2.75) is 26.2 Å². The lowest BCUT2D eigenvalue weighted by atomic mass is 10.2. The van der Waals surface area contributed by atoms with Crippen LogP contribution < -0.4 is 0 Å². The number of H-pyrrole nitrogens is 1. The van der Waals surface area contributed by atoms with Crippen molar-refractivity contribution in [1.82, 2.24) is 9.97 Å². The molecule has 1 rings (SSSR count). The highest BCUT2D eigenvalue weighted by Crippen LogP contribution is 2.18. The van der Waals surface area contributed by atoms with Gasteiger partial charge in [0.2, 0.25) is 0 Å². The zero-order valence-electron chi connectivity index (χ0n) is 6.32. The molecule has 0 radical (unpaired) electrons. The Kier molecular flexibility index (Phi) is 3.59. The van der Waals surface area contributed by atoms with Crippen LogP contribution in [0.15, 0.2) is 9.34 Å². The van der Waals surface area contributed by atoms with E-state index in [-0.39, 0.29) is 0 Å². The zero-order valence-corrected chi connectivity index (χ0v) is 9.50. The SMILES string of the molecule is CCCCc1nc(Br)[nH]c1Br. The van der Waals surface area contributed by atoms with Gasteiger partial charge >= 0.3 is 0 Å². The van der Waals surface area contributed by atoms with Crippen molar-refractivity contribution in [2.75, 3.05) is 0 Å². The number of nitrogens with one attached hydrogen (secondary N) is 1. The van der Waals surface area contributed by atoms with Crippen LogP contribution in [0.5, 0.6) is 0 Å². The van der Waals surface area contributed by atoms with Crippen LogP contribution in [-0.2, 0) is 6.42 Å². The van der Waals surface area contributed by atoms with E-state index in [0.29, 0.717) is 0 Å². The van der Waals surface area contributed by atoms with E-state index in [2.05, 4.69) is 48.8 Å². The van der Waals surface area contributed by atoms with Crippen LogP contribution in [0.25, 0.3) is 0 Å². The Hall–Kier alpha value is 0.170. The van der Waals surface area contributed by atoms with Crippen molar-refractivity contribution in [3.05, 3.63) is 15.0 Å². The topological polar surface area (TPSA) is 28.7 Å². The molecule has 0 aliphatic carbocycles. The molecule has 0 amide bonds. The van der Waals surface area contributed by atoms with Gasteiger partial charge < -0.3 is 4.98 Å². The molecule has 62 valence electrons. The van der Waals surface area contributed by atoms with Gasteiger partial charge in [-0.05, 0) is 44.7 Å². The molecular weight excluding hydrogens is 272 g/mol. The summed E-state index contributed by atoms with van der Waals surface area (Å²) in [5.41, 5.74) is 1.11. The lowest BCUT2D eigenvalue weighted by Crippen LogP contribution is -1.84. The van der Waals surface area contributed by atoms with Gasteiger partial charge in [0, 0.05) is 0 Å². The number of aromatic amines is 1. The van der Waals surface area contributed by atoms with E-state index in [1.54, 1.807) is 0 Å². The number of rotatable bonds is 3. The molecule has 0 aromatic carbocycles. The molecule has 0 aliphatic heterocycles. The molecule has 1 aromatic rings. The summed E-state index contributed by atoms with van der Waals surface area (Å²) in [5, 5.41) is 0. The molecule has 0 unspecified atom stereocenters. The molecular formula is C7H10Br2N2. The van der Waals surface area contributed by atoms with E-state index in [4.69, 9.17) is 0 Å². The molecule has 4 heteroatoms. The predicted octanol–water partition coefficient (Wildman–Crippen LogP) is 3.28. The minimum absolute atomic E-state index is 0.801. The molecule has 0 bridgehead atoms. The van der Waals surface area contributed by atoms with Crippen molar-refractivity contribution in [3.63, 3.8) is 0 Å². The monoisotopic (exact) mass is 280 g/mol. The maximum atomic E-state index is 4.26. The van der Waals surface area contributed by atoms with Gasteiger partial charge in [-0.3, -0.25) is 0 Å². The Balaban J connectivity index is 2.62. The molecule has 0 saturated heterocycles. The number of hydrogen-bond acceptors (Lipinski definition) is 1. The Labute approximate surface area is 83.1 Å². The fraction of sp³-hybridized carbons (Fsp3) is 0.571. The summed E-state index contributed by atoms with van der Waals surface area (Å²) in [6.45, 7) is 2.18. The van der Waals surface area contributed by atoms with Gasteiger partial charge in [0.15, 0.2) is 4.73 Å². The van der Waals surface area contributed by atoms with Crippen LogP contribution in [0, 0.1) is 0 Å². The summed E-state index contributed by atoms with van der Waals surface area (Å²) >= 11 is 6.68. The molecule has 1 aromatic heterocycles. The van der Waals surface area contributed by atoms with Crippen LogP contribution in [-0.4, -0.2) is 9.97 Å². The van der Waals surface area contributed by atoms with Crippen molar-refractivity contribution >= 4 is 31.9 Å². The van der Waals surface area contributed by atoms with E-state index in [9.17, 15) is 0 Å². The molecule has 11 heavy (non-hydrogen) atoms. The summed E-state index contributed by atoms with van der Waals surface area (Å²) in [4.78, 5) is 7.30. The second-order valence-electron chi connectivity index (χ2n) is 2.39. The predicted molar refractivity (Wildman–Crippen MR) is 52.6 cm³/mol. The first kappa shape index (κ1) is 9.26. The van der Waals surface area contributed by atoms with Crippen molar-refractivity contribution in [3.8, 4) is 0 Å². The lowest BCUT2D eigenvalue weighted by Gasteiger charge is -1.92. The van der Waals surface area contributed by atoms with E-state index in [1.807, 2.05) is 0 Å². The molecule has 0 fully saturated rings. The van der Waals surface area contributed by atoms with Crippen LogP contribution in [0.2, 0.25) is 0 Å². The molecule has 1 N–H and O–H groups in total. The van der Waals surface area contributed by atoms with E-state index in [1.165, 1.54) is 12.8 Å². The van der Waals surface area contributed by atoms with E-state index in [0.717, 1.165) is 21.5 Å². The fourth-order valence-electron chi connectivity index (χ4n) is 0.868. The Morgan fingerprint density at radius 3 is 2.64 bits per heavy atom. The summed E-state index contributed by atoms with van der Waals surface area (Å²) in [6, 6.07) is 0. The minimum Gasteiger partial charge on any atom is -0.327 e. The van der Waals surface area contributed by atoms with Crippen LogP contribution in [0.3, 0.4) is 0 Å². The quantitative estimate of drug-likeness (QED) is 0.905. The highest BCUT2D eigenvalue weighted by molar-refractivity contribution is 9.11. The smallest absolute Gasteiger partial charge is 0.175 e. The molecule has 0 atom stereocenters. The van der Waals surface area contributed by atoms with Gasteiger partial charge in [0.05, 0.1) is 5.69 Å². The summed E-state index contributed by atoms with van der Waals surface area (Å²) in [6.07, 6.45) is 3.44. The first-order chi connectivity index (χ1) is 5.24. The average molecular weight is 282 g/mol. The van der Waals surface area contributed by atoms with Crippen LogP contribution >= 0.6 is 31.9 Å². The number of nitrogens with zero attached hydrogens (tertiary/aromatic N) is 1. The minimum atomic E-state index is 0.801. The number of aryl methyl sites for hydroxylation is 1. The maximum Gasteiger partial charge on any atom is 0.175 e. The number of aromatic nitrogens is 2. The Morgan fingerprint density at radius 1 is 1.45 bits per heavy atom. The number of unbranched alkanes of at least 4 members (excludes halogenated alkanes) is 1. The van der Waals surface area contributed by atoms with Crippen LogP contribution in [0.4, 0.5) is 0 Å². The lowest BCUT2D eigenvalue weighted by molar-refractivity contribution is 0.777. The Bertz CT molecular complexity index is 232. The van der Waals surface area contributed by atoms with E-state index >= 15 is 0 Å². The van der Waals surface area contributed by atoms with Crippen molar-refractivity contribution in [2.24, 2.45) is 0 Å². The van der Waals surface area contributed by atoms with Crippen LogP contribution in [0.1, 0.15) is 25.5 Å². The molecule has 0 aliphatic rings. The maximum absolute atomic E-state index is 4.26. The van der Waals surface area contributed by atoms with Gasteiger partial charge in [-0.2, -0.15) is 0 Å². The highest BCUT2D eigenvalue weighted by atomic mass is 79.9. The molecule has 2 nitrogen and oxygen atoms in total. The second-order valence-corrected chi connectivity index (χ2v) is 3.94. The number of halogens is 2. The molecule has 1 heterocycles. The molecule has 0 saturated carbocycles.